The molecule has 2 N–H and O–H groups in total. The van der Waals surface area contributed by atoms with Gasteiger partial charge in [-0.25, -0.2) is 4.79 Å². The Morgan fingerprint density at radius 3 is 2.50 bits per heavy atom. The van der Waals surface area contributed by atoms with Crippen molar-refractivity contribution in [2.75, 3.05) is 5.75 Å². The Kier molecular flexibility index (Phi) is 5.57. The molecule has 100 valence electrons. The summed E-state index contributed by atoms with van der Waals surface area (Å²) in [4.78, 5) is 27.3. The van der Waals surface area contributed by atoms with Gasteiger partial charge in [0.1, 0.15) is 5.75 Å². The predicted octanol–water partition coefficient (Wildman–Crippen LogP) is 1.30. The molecule has 0 aliphatic carbocycles. The van der Waals surface area contributed by atoms with E-state index in [1.165, 1.54) is 12.1 Å². The minimum atomic E-state index is -0.716. The number of thioether (sulfide) groups is 1. The van der Waals surface area contributed by atoms with Gasteiger partial charge in [-0.3, -0.25) is 4.79 Å². The van der Waals surface area contributed by atoms with Gasteiger partial charge in [0.2, 0.25) is 11.8 Å². The maximum absolute atomic E-state index is 11.4. The zero-order chi connectivity index (χ0) is 13.5. The first-order valence-corrected chi connectivity index (χ1v) is 6.49. The summed E-state index contributed by atoms with van der Waals surface area (Å²) < 4.78 is 0.597. The van der Waals surface area contributed by atoms with Crippen LogP contribution in [0.15, 0.2) is 12.1 Å². The predicted molar refractivity (Wildman–Crippen MR) is 66.3 cm³/mol. The fourth-order valence-electron chi connectivity index (χ4n) is 1.16. The second-order valence-corrected chi connectivity index (χ2v) is 4.60. The van der Waals surface area contributed by atoms with E-state index in [1.807, 2.05) is 6.92 Å². The van der Waals surface area contributed by atoms with Crippen LogP contribution in [-0.4, -0.2) is 31.8 Å². The van der Waals surface area contributed by atoms with Gasteiger partial charge in [0, 0.05) is 18.6 Å². The minimum Gasteiger partial charge on any atom is -0.492 e. The van der Waals surface area contributed by atoms with Crippen molar-refractivity contribution in [1.82, 2.24) is 4.73 Å². The van der Waals surface area contributed by atoms with Crippen LogP contribution in [0.3, 0.4) is 0 Å². The molecule has 6 nitrogen and oxygen atoms in total. The van der Waals surface area contributed by atoms with E-state index < -0.39 is 5.97 Å². The molecular formula is C11H15NO5S. The molecule has 0 aromatic carbocycles. The van der Waals surface area contributed by atoms with Crippen molar-refractivity contribution in [3.05, 3.63) is 12.1 Å². The highest BCUT2D eigenvalue weighted by molar-refractivity contribution is 8.14. The third-order valence-corrected chi connectivity index (χ3v) is 2.98. The Balaban J connectivity index is 2.36. The first-order valence-electron chi connectivity index (χ1n) is 5.51. The monoisotopic (exact) mass is 273 g/mol. The van der Waals surface area contributed by atoms with Crippen LogP contribution in [-0.2, 0) is 9.59 Å². The van der Waals surface area contributed by atoms with E-state index in [9.17, 15) is 19.8 Å². The van der Waals surface area contributed by atoms with E-state index in [-0.39, 0.29) is 22.6 Å². The Labute approximate surface area is 109 Å². The number of nitrogens with zero attached hydrogens (tertiary/aromatic N) is 1. The van der Waals surface area contributed by atoms with Gasteiger partial charge in [-0.2, -0.15) is 0 Å². The van der Waals surface area contributed by atoms with Gasteiger partial charge in [-0.15, -0.1) is 4.73 Å². The summed E-state index contributed by atoms with van der Waals surface area (Å²) in [5, 5.41) is 18.4. The highest BCUT2D eigenvalue weighted by Crippen LogP contribution is 2.19. The van der Waals surface area contributed by atoms with Crippen molar-refractivity contribution in [3.8, 4) is 11.8 Å². The number of hydrogen-bond acceptors (Lipinski definition) is 6. The SMILES string of the molecule is CCCCC(=O)SCC(=O)On1c(O)ccc1O. The van der Waals surface area contributed by atoms with Gasteiger partial charge in [0.25, 0.3) is 0 Å². The first kappa shape index (κ1) is 14.4. The summed E-state index contributed by atoms with van der Waals surface area (Å²) in [6.07, 6.45) is 2.14. The topological polar surface area (TPSA) is 88.8 Å². The Morgan fingerprint density at radius 1 is 1.33 bits per heavy atom. The summed E-state index contributed by atoms with van der Waals surface area (Å²) in [5.74, 6) is -1.64. The number of hydrogen-bond donors (Lipinski definition) is 2. The molecule has 0 fully saturated rings. The Morgan fingerprint density at radius 2 is 1.94 bits per heavy atom. The summed E-state index contributed by atoms with van der Waals surface area (Å²) >= 11 is 0.868. The van der Waals surface area contributed by atoms with Gasteiger partial charge in [0.05, 0.1) is 0 Å². The average Bonchev–Trinajstić information content (AvgIpc) is 2.65. The molecule has 1 aromatic heterocycles. The molecule has 0 aliphatic heterocycles. The zero-order valence-corrected chi connectivity index (χ0v) is 10.8. The van der Waals surface area contributed by atoms with Crippen molar-refractivity contribution in [2.24, 2.45) is 0 Å². The number of aromatic nitrogens is 1. The number of unbranched alkanes of at least 4 members (excludes halogenated alkanes) is 1. The van der Waals surface area contributed by atoms with Crippen LogP contribution in [0.1, 0.15) is 26.2 Å². The molecule has 7 heteroatoms. The smallest absolute Gasteiger partial charge is 0.343 e. The standard InChI is InChI=1S/C11H15NO5S/c1-2-3-4-11(16)18-7-10(15)17-12-8(13)5-6-9(12)14/h5-6,13-14H,2-4,7H2,1H3. The summed E-state index contributed by atoms with van der Waals surface area (Å²) in [5.41, 5.74) is 0. The number of carbonyl (C=O) groups excluding carboxylic acids is 2. The van der Waals surface area contributed by atoms with Crippen molar-refractivity contribution < 1.29 is 24.6 Å². The lowest BCUT2D eigenvalue weighted by atomic mass is 10.3. The molecule has 1 heterocycles. The summed E-state index contributed by atoms with van der Waals surface area (Å²) in [7, 11) is 0. The third-order valence-electron chi connectivity index (χ3n) is 2.08. The second-order valence-electron chi connectivity index (χ2n) is 3.57. The van der Waals surface area contributed by atoms with Gasteiger partial charge in [-0.05, 0) is 6.42 Å². The largest absolute Gasteiger partial charge is 0.492 e. The molecule has 0 saturated carbocycles. The molecule has 0 aliphatic rings. The Hall–Kier alpha value is -1.63. The number of rotatable bonds is 6. The van der Waals surface area contributed by atoms with Gasteiger partial charge in [-0.1, -0.05) is 25.1 Å². The van der Waals surface area contributed by atoms with Crippen LogP contribution >= 0.6 is 11.8 Å². The van der Waals surface area contributed by atoms with E-state index in [2.05, 4.69) is 4.84 Å². The van der Waals surface area contributed by atoms with Gasteiger partial charge >= 0.3 is 5.97 Å². The van der Waals surface area contributed by atoms with Crippen LogP contribution in [0, 0.1) is 0 Å². The third kappa shape index (κ3) is 4.33. The fraction of sp³-hybridized carbons (Fsp3) is 0.455. The molecule has 0 radical (unpaired) electrons. The quantitative estimate of drug-likeness (QED) is 0.812. The zero-order valence-electron chi connectivity index (χ0n) is 9.96. The molecule has 0 saturated heterocycles. The normalized spacial score (nSPS) is 10.3. The average molecular weight is 273 g/mol. The van der Waals surface area contributed by atoms with E-state index >= 15 is 0 Å². The lowest BCUT2D eigenvalue weighted by Gasteiger charge is -2.06. The molecule has 1 aromatic rings. The lowest BCUT2D eigenvalue weighted by Crippen LogP contribution is -2.21. The van der Waals surface area contributed by atoms with Crippen LogP contribution in [0.4, 0.5) is 0 Å². The first-order chi connectivity index (χ1) is 8.54. The minimum absolute atomic E-state index is 0.0743. The fourth-order valence-corrected chi connectivity index (χ4v) is 1.78. The molecule has 0 spiro atoms. The number of aromatic hydroxyl groups is 2. The van der Waals surface area contributed by atoms with Crippen molar-refractivity contribution >= 4 is 22.8 Å². The molecule has 0 unspecified atom stereocenters. The number of carbonyl (C=O) groups is 2. The molecule has 0 bridgehead atoms. The molecule has 1 rings (SSSR count). The molecule has 0 amide bonds. The maximum atomic E-state index is 11.4. The summed E-state index contributed by atoms with van der Waals surface area (Å²) in [6, 6.07) is 2.37. The maximum Gasteiger partial charge on any atom is 0.343 e. The second kappa shape index (κ2) is 6.95. The van der Waals surface area contributed by atoms with Gasteiger partial charge < -0.3 is 15.1 Å². The van der Waals surface area contributed by atoms with Crippen molar-refractivity contribution in [3.63, 3.8) is 0 Å². The van der Waals surface area contributed by atoms with Crippen LogP contribution in [0.25, 0.3) is 0 Å². The lowest BCUT2D eigenvalue weighted by molar-refractivity contribution is -0.142. The van der Waals surface area contributed by atoms with E-state index in [0.717, 1.165) is 24.6 Å². The highest BCUT2D eigenvalue weighted by atomic mass is 32.2. The molecule has 0 atom stereocenters. The summed E-state index contributed by atoms with van der Waals surface area (Å²) in [6.45, 7) is 1.98. The van der Waals surface area contributed by atoms with Crippen LogP contribution in [0.2, 0.25) is 0 Å². The van der Waals surface area contributed by atoms with Crippen LogP contribution in [0.5, 0.6) is 11.8 Å². The van der Waals surface area contributed by atoms with Crippen molar-refractivity contribution in [2.45, 2.75) is 26.2 Å². The van der Waals surface area contributed by atoms with Crippen molar-refractivity contribution in [1.29, 1.82) is 0 Å². The highest BCUT2D eigenvalue weighted by Gasteiger charge is 2.13. The van der Waals surface area contributed by atoms with E-state index in [1.54, 1.807) is 0 Å². The van der Waals surface area contributed by atoms with E-state index in [4.69, 9.17) is 0 Å². The van der Waals surface area contributed by atoms with Crippen LogP contribution < -0.4 is 4.84 Å². The molecular weight excluding hydrogens is 258 g/mol. The van der Waals surface area contributed by atoms with E-state index in [0.29, 0.717) is 11.2 Å². The van der Waals surface area contributed by atoms with Gasteiger partial charge in [0.15, 0.2) is 5.12 Å². The molecule has 18 heavy (non-hydrogen) atoms. The Bertz CT molecular complexity index is 410.